The lowest BCUT2D eigenvalue weighted by Crippen LogP contribution is -2.52. The minimum atomic E-state index is -1.26. The Bertz CT molecular complexity index is 358. The van der Waals surface area contributed by atoms with Crippen LogP contribution in [-0.4, -0.2) is 53.7 Å². The van der Waals surface area contributed by atoms with Crippen molar-refractivity contribution < 1.29 is 24.2 Å². The molecule has 0 aliphatic carbocycles. The molecular formula is C12H20N2O5. The fraction of sp³-hybridized carbons (Fsp3) is 0.750. The molecule has 1 rings (SSSR count). The number of piperidine rings is 1. The van der Waals surface area contributed by atoms with Crippen molar-refractivity contribution in [3.8, 4) is 0 Å². The molecule has 2 amide bonds. The molecule has 108 valence electrons. The SMILES string of the molecule is COC(=O)C[C@H](NC(=O)N1CCCCC1C)C(=O)O. The van der Waals surface area contributed by atoms with E-state index in [1.807, 2.05) is 6.92 Å². The Balaban J connectivity index is 2.60. The normalized spacial score (nSPS) is 20.5. The zero-order chi connectivity index (χ0) is 14.4. The lowest BCUT2D eigenvalue weighted by Gasteiger charge is -2.34. The Labute approximate surface area is 111 Å². The van der Waals surface area contributed by atoms with Gasteiger partial charge in [-0.15, -0.1) is 0 Å². The lowest BCUT2D eigenvalue weighted by atomic mass is 10.0. The molecule has 1 unspecified atom stereocenters. The van der Waals surface area contributed by atoms with Crippen LogP contribution < -0.4 is 5.32 Å². The van der Waals surface area contributed by atoms with Gasteiger partial charge in [-0.1, -0.05) is 0 Å². The fourth-order valence-electron chi connectivity index (χ4n) is 2.08. The van der Waals surface area contributed by atoms with Crippen LogP contribution in [0.4, 0.5) is 4.79 Å². The van der Waals surface area contributed by atoms with Crippen LogP contribution in [0, 0.1) is 0 Å². The highest BCUT2D eigenvalue weighted by Gasteiger charge is 2.29. The van der Waals surface area contributed by atoms with Crippen LogP contribution in [0.2, 0.25) is 0 Å². The molecular weight excluding hydrogens is 252 g/mol. The first-order valence-electron chi connectivity index (χ1n) is 6.32. The molecule has 0 radical (unpaired) electrons. The van der Waals surface area contributed by atoms with Gasteiger partial charge >= 0.3 is 18.0 Å². The average molecular weight is 272 g/mol. The minimum Gasteiger partial charge on any atom is -0.480 e. The number of methoxy groups -OCH3 is 1. The molecule has 0 aromatic heterocycles. The van der Waals surface area contributed by atoms with Gasteiger partial charge in [-0.2, -0.15) is 0 Å². The van der Waals surface area contributed by atoms with Crippen molar-refractivity contribution >= 4 is 18.0 Å². The molecule has 1 aliphatic heterocycles. The fourth-order valence-corrected chi connectivity index (χ4v) is 2.08. The van der Waals surface area contributed by atoms with Gasteiger partial charge in [0, 0.05) is 12.6 Å². The largest absolute Gasteiger partial charge is 0.480 e. The summed E-state index contributed by atoms with van der Waals surface area (Å²) in [4.78, 5) is 35.7. The summed E-state index contributed by atoms with van der Waals surface area (Å²) < 4.78 is 4.41. The molecule has 1 aliphatic rings. The Kier molecular flexibility index (Phi) is 5.59. The number of carbonyl (C=O) groups excluding carboxylic acids is 2. The summed E-state index contributed by atoms with van der Waals surface area (Å²) in [6, 6.07) is -1.61. The van der Waals surface area contributed by atoms with E-state index in [1.165, 1.54) is 7.11 Å². The zero-order valence-electron chi connectivity index (χ0n) is 11.2. The summed E-state index contributed by atoms with van der Waals surface area (Å²) in [7, 11) is 1.18. The van der Waals surface area contributed by atoms with Crippen molar-refractivity contribution in [1.29, 1.82) is 0 Å². The summed E-state index contributed by atoms with van der Waals surface area (Å²) in [5, 5.41) is 11.4. The van der Waals surface area contributed by atoms with E-state index < -0.39 is 24.0 Å². The van der Waals surface area contributed by atoms with Crippen LogP contribution in [-0.2, 0) is 14.3 Å². The predicted molar refractivity (Wildman–Crippen MR) is 66.6 cm³/mol. The van der Waals surface area contributed by atoms with Gasteiger partial charge in [-0.05, 0) is 26.2 Å². The third-order valence-electron chi connectivity index (χ3n) is 3.26. The molecule has 0 spiro atoms. The highest BCUT2D eigenvalue weighted by Crippen LogP contribution is 2.16. The maximum atomic E-state index is 12.0. The number of likely N-dealkylation sites (tertiary alicyclic amines) is 1. The van der Waals surface area contributed by atoms with Gasteiger partial charge < -0.3 is 20.1 Å². The zero-order valence-corrected chi connectivity index (χ0v) is 11.2. The van der Waals surface area contributed by atoms with Crippen LogP contribution in [0.1, 0.15) is 32.6 Å². The van der Waals surface area contributed by atoms with E-state index in [0.29, 0.717) is 6.54 Å². The molecule has 7 nitrogen and oxygen atoms in total. The van der Waals surface area contributed by atoms with Crippen molar-refractivity contribution in [2.75, 3.05) is 13.7 Å². The molecule has 19 heavy (non-hydrogen) atoms. The first kappa shape index (κ1) is 15.3. The molecule has 0 aromatic carbocycles. The van der Waals surface area contributed by atoms with Crippen molar-refractivity contribution in [1.82, 2.24) is 10.2 Å². The Morgan fingerprint density at radius 1 is 1.42 bits per heavy atom. The van der Waals surface area contributed by atoms with Gasteiger partial charge in [0.25, 0.3) is 0 Å². The monoisotopic (exact) mass is 272 g/mol. The number of carbonyl (C=O) groups is 3. The van der Waals surface area contributed by atoms with Crippen LogP contribution in [0.3, 0.4) is 0 Å². The number of aliphatic carboxylic acids is 1. The van der Waals surface area contributed by atoms with Crippen LogP contribution in [0.5, 0.6) is 0 Å². The standard InChI is InChI=1S/C12H20N2O5/c1-8-5-3-4-6-14(8)12(18)13-9(11(16)17)7-10(15)19-2/h8-9H,3-7H2,1-2H3,(H,13,18)(H,16,17)/t8?,9-/m0/s1. The summed E-state index contributed by atoms with van der Waals surface area (Å²) in [6.07, 6.45) is 2.50. The maximum Gasteiger partial charge on any atom is 0.326 e. The van der Waals surface area contributed by atoms with E-state index in [9.17, 15) is 14.4 Å². The number of urea groups is 1. The Morgan fingerprint density at radius 2 is 2.11 bits per heavy atom. The lowest BCUT2D eigenvalue weighted by molar-refractivity contribution is -0.147. The van der Waals surface area contributed by atoms with E-state index in [1.54, 1.807) is 4.90 Å². The van der Waals surface area contributed by atoms with Crippen molar-refractivity contribution in [2.45, 2.75) is 44.7 Å². The summed E-state index contributed by atoms with van der Waals surface area (Å²) in [6.45, 7) is 2.53. The summed E-state index contributed by atoms with van der Waals surface area (Å²) in [5.41, 5.74) is 0. The number of nitrogens with one attached hydrogen (secondary N) is 1. The van der Waals surface area contributed by atoms with Crippen molar-refractivity contribution in [3.05, 3.63) is 0 Å². The van der Waals surface area contributed by atoms with Gasteiger partial charge in [-0.25, -0.2) is 9.59 Å². The maximum absolute atomic E-state index is 12.0. The Hall–Kier alpha value is -1.79. The third-order valence-corrected chi connectivity index (χ3v) is 3.26. The average Bonchev–Trinajstić information content (AvgIpc) is 2.37. The number of carboxylic acid groups (broad SMARTS) is 1. The highest BCUT2D eigenvalue weighted by molar-refractivity contribution is 5.86. The molecule has 0 aromatic rings. The predicted octanol–water partition coefficient (Wildman–Crippen LogP) is 0.587. The van der Waals surface area contributed by atoms with Gasteiger partial charge in [0.1, 0.15) is 6.04 Å². The second kappa shape index (κ2) is 6.96. The Morgan fingerprint density at radius 3 is 2.63 bits per heavy atom. The third kappa shape index (κ3) is 4.42. The number of rotatable bonds is 4. The molecule has 2 atom stereocenters. The topological polar surface area (TPSA) is 95.9 Å². The molecule has 1 saturated heterocycles. The first-order chi connectivity index (χ1) is 8.95. The van der Waals surface area contributed by atoms with Crippen molar-refractivity contribution in [3.63, 3.8) is 0 Å². The minimum absolute atomic E-state index is 0.0846. The number of nitrogens with zero attached hydrogens (tertiary/aromatic N) is 1. The number of amides is 2. The smallest absolute Gasteiger partial charge is 0.326 e. The van der Waals surface area contributed by atoms with Gasteiger partial charge in [0.15, 0.2) is 0 Å². The summed E-state index contributed by atoms with van der Waals surface area (Å²) in [5.74, 6) is -1.91. The summed E-state index contributed by atoms with van der Waals surface area (Å²) >= 11 is 0. The first-order valence-corrected chi connectivity index (χ1v) is 6.32. The van der Waals surface area contributed by atoms with Crippen LogP contribution in [0.25, 0.3) is 0 Å². The quantitative estimate of drug-likeness (QED) is 0.730. The van der Waals surface area contributed by atoms with E-state index in [2.05, 4.69) is 10.1 Å². The number of carboxylic acids is 1. The second-order valence-electron chi connectivity index (χ2n) is 4.66. The van der Waals surface area contributed by atoms with Crippen molar-refractivity contribution in [2.24, 2.45) is 0 Å². The molecule has 2 N–H and O–H groups in total. The van der Waals surface area contributed by atoms with Gasteiger partial charge in [0.2, 0.25) is 0 Å². The molecule has 0 bridgehead atoms. The molecule has 1 fully saturated rings. The van der Waals surface area contributed by atoms with E-state index in [-0.39, 0.29) is 12.5 Å². The van der Waals surface area contributed by atoms with E-state index >= 15 is 0 Å². The van der Waals surface area contributed by atoms with Gasteiger partial charge in [-0.3, -0.25) is 4.79 Å². The van der Waals surface area contributed by atoms with E-state index in [0.717, 1.165) is 19.3 Å². The molecule has 1 heterocycles. The number of ether oxygens (including phenoxy) is 1. The van der Waals surface area contributed by atoms with E-state index in [4.69, 9.17) is 5.11 Å². The molecule has 0 saturated carbocycles. The number of hydrogen-bond acceptors (Lipinski definition) is 4. The molecule has 7 heteroatoms. The second-order valence-corrected chi connectivity index (χ2v) is 4.66. The van der Waals surface area contributed by atoms with Gasteiger partial charge in [0.05, 0.1) is 13.5 Å². The van der Waals surface area contributed by atoms with Crippen LogP contribution >= 0.6 is 0 Å². The number of hydrogen-bond donors (Lipinski definition) is 2. The van der Waals surface area contributed by atoms with Crippen LogP contribution in [0.15, 0.2) is 0 Å². The highest BCUT2D eigenvalue weighted by atomic mass is 16.5. The number of esters is 1.